The van der Waals surface area contributed by atoms with Crippen LogP contribution in [0, 0.1) is 5.92 Å². The minimum absolute atomic E-state index is 0.0585. The third-order valence-electron chi connectivity index (χ3n) is 6.29. The molecule has 0 bridgehead atoms. The topological polar surface area (TPSA) is 137 Å². The van der Waals surface area contributed by atoms with Crippen LogP contribution in [0.25, 0.3) is 0 Å². The lowest BCUT2D eigenvalue weighted by Crippen LogP contribution is -2.56. The second kappa shape index (κ2) is 14.3. The number of aliphatic hydroxyl groups excluding tert-OH is 1. The van der Waals surface area contributed by atoms with Gasteiger partial charge in [0.05, 0.1) is 24.6 Å². The highest BCUT2D eigenvalue weighted by Crippen LogP contribution is 2.19. The van der Waals surface area contributed by atoms with Crippen molar-refractivity contribution in [3.8, 4) is 5.75 Å². The molecule has 10 nitrogen and oxygen atoms in total. The first-order valence-corrected chi connectivity index (χ1v) is 13.2. The van der Waals surface area contributed by atoms with Crippen LogP contribution in [-0.4, -0.2) is 71.5 Å². The van der Waals surface area contributed by atoms with Crippen molar-refractivity contribution in [1.29, 1.82) is 0 Å². The Morgan fingerprint density at radius 3 is 2.33 bits per heavy atom. The molecule has 2 aromatic carbocycles. The number of carbonyl (C=O) groups is 4. The summed E-state index contributed by atoms with van der Waals surface area (Å²) in [6.07, 6.45) is 0.00445. The standard InChI is InChI=1S/C29H38N4O6/c1-19(2)15-23-28(37)30-20(3)18-39-25-12-8-7-11-22(25)27(36)31-24(29(38)32-23)16-26(35)33(13-14-34)17-21-9-5-4-6-10-21/h4-12,19-20,23-24,34H,13-18H2,1-3H3,(H,30,37)(H,31,36)(H,32,38)/t20-,23+,24+/m1/s1. The Balaban J connectivity index is 1.91. The van der Waals surface area contributed by atoms with Crippen LogP contribution < -0.4 is 20.7 Å². The molecule has 39 heavy (non-hydrogen) atoms. The Morgan fingerprint density at radius 2 is 1.64 bits per heavy atom. The van der Waals surface area contributed by atoms with Crippen molar-refractivity contribution in [3.63, 3.8) is 0 Å². The van der Waals surface area contributed by atoms with E-state index < -0.39 is 29.8 Å². The Bertz CT molecular complexity index is 1140. The molecule has 0 fully saturated rings. The maximum absolute atomic E-state index is 13.5. The number of para-hydroxylation sites is 1. The van der Waals surface area contributed by atoms with Crippen molar-refractivity contribution in [2.24, 2.45) is 5.92 Å². The third kappa shape index (κ3) is 8.81. The minimum Gasteiger partial charge on any atom is -0.491 e. The first-order chi connectivity index (χ1) is 18.7. The second-order valence-electron chi connectivity index (χ2n) is 10.2. The van der Waals surface area contributed by atoms with E-state index in [1.165, 1.54) is 4.90 Å². The number of nitrogens with zero attached hydrogens (tertiary/aromatic N) is 1. The van der Waals surface area contributed by atoms with Crippen LogP contribution in [0.15, 0.2) is 54.6 Å². The summed E-state index contributed by atoms with van der Waals surface area (Å²) in [6, 6.07) is 13.3. The van der Waals surface area contributed by atoms with Crippen LogP contribution in [0.1, 0.15) is 49.5 Å². The van der Waals surface area contributed by atoms with Gasteiger partial charge in [0.25, 0.3) is 5.91 Å². The molecule has 3 atom stereocenters. The highest BCUT2D eigenvalue weighted by molar-refractivity contribution is 6.01. The van der Waals surface area contributed by atoms with E-state index in [4.69, 9.17) is 4.74 Å². The SMILES string of the molecule is CC(C)C[C@@H]1NC(=O)[C@H](CC(=O)N(CCO)Cc2ccccc2)NC(=O)c2ccccc2OC[C@@H](C)NC1=O. The van der Waals surface area contributed by atoms with Gasteiger partial charge in [-0.05, 0) is 37.0 Å². The quantitative estimate of drug-likeness (QED) is 0.403. The number of amides is 4. The Morgan fingerprint density at radius 1 is 0.974 bits per heavy atom. The summed E-state index contributed by atoms with van der Waals surface area (Å²) < 4.78 is 5.84. The summed E-state index contributed by atoms with van der Waals surface area (Å²) in [6.45, 7) is 5.79. The molecule has 1 aliphatic heterocycles. The van der Waals surface area contributed by atoms with Crippen LogP contribution >= 0.6 is 0 Å². The Kier molecular flexibility index (Phi) is 10.9. The lowest BCUT2D eigenvalue weighted by Gasteiger charge is -2.27. The fourth-order valence-electron chi connectivity index (χ4n) is 4.32. The van der Waals surface area contributed by atoms with Crippen LogP contribution in [0.4, 0.5) is 0 Å². The van der Waals surface area contributed by atoms with Crippen molar-refractivity contribution >= 4 is 23.6 Å². The third-order valence-corrected chi connectivity index (χ3v) is 6.29. The van der Waals surface area contributed by atoms with Gasteiger partial charge in [0.15, 0.2) is 0 Å². The van der Waals surface area contributed by atoms with E-state index in [9.17, 15) is 24.3 Å². The predicted molar refractivity (Wildman–Crippen MR) is 146 cm³/mol. The second-order valence-corrected chi connectivity index (χ2v) is 10.2. The van der Waals surface area contributed by atoms with Gasteiger partial charge >= 0.3 is 0 Å². The largest absolute Gasteiger partial charge is 0.491 e. The number of hydrogen-bond donors (Lipinski definition) is 4. The summed E-state index contributed by atoms with van der Waals surface area (Å²) in [5.41, 5.74) is 1.06. The number of aliphatic hydroxyl groups is 1. The number of carbonyl (C=O) groups excluding carboxylic acids is 4. The van der Waals surface area contributed by atoms with Crippen molar-refractivity contribution in [2.75, 3.05) is 19.8 Å². The smallest absolute Gasteiger partial charge is 0.255 e. The molecule has 1 heterocycles. The normalized spacial score (nSPS) is 20.2. The average molecular weight is 539 g/mol. The maximum Gasteiger partial charge on any atom is 0.255 e. The van der Waals surface area contributed by atoms with E-state index in [0.29, 0.717) is 12.2 Å². The first-order valence-electron chi connectivity index (χ1n) is 13.2. The van der Waals surface area contributed by atoms with Gasteiger partial charge in [-0.1, -0.05) is 56.3 Å². The molecule has 0 aromatic heterocycles. The van der Waals surface area contributed by atoms with Crippen molar-refractivity contribution < 1.29 is 29.0 Å². The lowest BCUT2D eigenvalue weighted by molar-refractivity contribution is -0.136. The number of rotatable bonds is 8. The van der Waals surface area contributed by atoms with E-state index in [0.717, 1.165) is 5.56 Å². The highest BCUT2D eigenvalue weighted by atomic mass is 16.5. The van der Waals surface area contributed by atoms with E-state index in [1.807, 2.05) is 44.2 Å². The molecule has 4 amide bonds. The maximum atomic E-state index is 13.5. The van der Waals surface area contributed by atoms with Gasteiger partial charge in [-0.15, -0.1) is 0 Å². The molecule has 210 valence electrons. The molecule has 4 N–H and O–H groups in total. The molecule has 0 radical (unpaired) electrons. The zero-order valence-corrected chi connectivity index (χ0v) is 22.7. The number of ether oxygens (including phenoxy) is 1. The highest BCUT2D eigenvalue weighted by Gasteiger charge is 2.32. The van der Waals surface area contributed by atoms with Gasteiger partial charge < -0.3 is 30.7 Å². The minimum atomic E-state index is -1.27. The van der Waals surface area contributed by atoms with Gasteiger partial charge in [-0.2, -0.15) is 0 Å². The fourth-order valence-corrected chi connectivity index (χ4v) is 4.32. The Labute approximate surface area is 229 Å². The summed E-state index contributed by atoms with van der Waals surface area (Å²) in [5.74, 6) is -1.64. The molecule has 0 saturated carbocycles. The number of fused-ring (bicyclic) bond motifs is 1. The molecule has 0 unspecified atom stereocenters. The van der Waals surface area contributed by atoms with Crippen LogP contribution in [0.2, 0.25) is 0 Å². The monoisotopic (exact) mass is 538 g/mol. The predicted octanol–water partition coefficient (Wildman–Crippen LogP) is 1.62. The summed E-state index contributed by atoms with van der Waals surface area (Å²) in [4.78, 5) is 54.7. The average Bonchev–Trinajstić information content (AvgIpc) is 2.91. The zero-order chi connectivity index (χ0) is 28.4. The van der Waals surface area contributed by atoms with Crippen molar-refractivity contribution in [2.45, 2.75) is 58.3 Å². The van der Waals surface area contributed by atoms with Crippen LogP contribution in [0.5, 0.6) is 5.75 Å². The molecule has 3 rings (SSSR count). The van der Waals surface area contributed by atoms with Gasteiger partial charge in [-0.3, -0.25) is 19.2 Å². The summed E-state index contributed by atoms with van der Waals surface area (Å²) >= 11 is 0. The Hall–Kier alpha value is -3.92. The summed E-state index contributed by atoms with van der Waals surface area (Å²) in [5, 5.41) is 17.9. The van der Waals surface area contributed by atoms with Gasteiger partial charge in [0.1, 0.15) is 24.4 Å². The summed E-state index contributed by atoms with van der Waals surface area (Å²) in [7, 11) is 0. The van der Waals surface area contributed by atoms with E-state index >= 15 is 0 Å². The molecule has 2 aromatic rings. The van der Waals surface area contributed by atoms with Crippen molar-refractivity contribution in [1.82, 2.24) is 20.9 Å². The molecule has 1 aliphatic rings. The molecule has 0 spiro atoms. The fraction of sp³-hybridized carbons (Fsp3) is 0.448. The van der Waals surface area contributed by atoms with Gasteiger partial charge in [0.2, 0.25) is 17.7 Å². The number of hydrogen-bond acceptors (Lipinski definition) is 6. The van der Waals surface area contributed by atoms with Gasteiger partial charge in [0, 0.05) is 13.1 Å². The van der Waals surface area contributed by atoms with E-state index in [1.54, 1.807) is 31.2 Å². The molecular weight excluding hydrogens is 500 g/mol. The molecular formula is C29H38N4O6. The van der Waals surface area contributed by atoms with Crippen molar-refractivity contribution in [3.05, 3.63) is 65.7 Å². The number of benzene rings is 2. The molecule has 0 saturated heterocycles. The zero-order valence-electron chi connectivity index (χ0n) is 22.7. The number of nitrogens with one attached hydrogen (secondary N) is 3. The van der Waals surface area contributed by atoms with E-state index in [2.05, 4.69) is 16.0 Å². The lowest BCUT2D eigenvalue weighted by atomic mass is 10.0. The van der Waals surface area contributed by atoms with E-state index in [-0.39, 0.29) is 56.2 Å². The van der Waals surface area contributed by atoms with Gasteiger partial charge in [-0.25, -0.2) is 0 Å². The first kappa shape index (κ1) is 29.6. The molecule has 10 heteroatoms. The molecule has 0 aliphatic carbocycles. The van der Waals surface area contributed by atoms with Crippen LogP contribution in [-0.2, 0) is 20.9 Å². The van der Waals surface area contributed by atoms with Crippen LogP contribution in [0.3, 0.4) is 0 Å².